The first kappa shape index (κ1) is 17.7. The first-order chi connectivity index (χ1) is 12.7. The monoisotopic (exact) mass is 376 g/mol. The Balaban J connectivity index is 1.46. The summed E-state index contributed by atoms with van der Waals surface area (Å²) in [5.74, 6) is -0.231. The second-order valence-corrected chi connectivity index (χ2v) is 8.12. The van der Waals surface area contributed by atoms with Crippen LogP contribution in [0.2, 0.25) is 0 Å². The molecule has 0 radical (unpaired) electrons. The van der Waals surface area contributed by atoms with E-state index in [0.717, 1.165) is 28.4 Å². The van der Waals surface area contributed by atoms with Crippen molar-refractivity contribution in [3.63, 3.8) is 0 Å². The molecule has 0 saturated carbocycles. The molecule has 2 aliphatic rings. The molecule has 0 spiro atoms. The molecule has 2 fully saturated rings. The van der Waals surface area contributed by atoms with Gasteiger partial charge < -0.3 is 10.2 Å². The van der Waals surface area contributed by atoms with E-state index < -0.39 is 6.67 Å². The first-order valence-corrected chi connectivity index (χ1v) is 10.3. The van der Waals surface area contributed by atoms with Crippen molar-refractivity contribution in [3.05, 3.63) is 23.8 Å². The molecule has 1 aromatic heterocycles. The number of anilines is 1. The number of aromatic nitrogens is 1. The minimum absolute atomic E-state index is 0.0521. The molecule has 1 amide bonds. The molecule has 1 aromatic carbocycles. The quantitative estimate of drug-likeness (QED) is 0.871. The van der Waals surface area contributed by atoms with E-state index in [0.29, 0.717) is 11.6 Å². The molecule has 7 heteroatoms. The van der Waals surface area contributed by atoms with Crippen LogP contribution in [0.5, 0.6) is 0 Å². The summed E-state index contributed by atoms with van der Waals surface area (Å²) in [5.41, 5.74) is 1.49. The SMILES string of the molecule is O=C(NCCF)c1ccc2nc(N3CCC(N4CCCCC4)C3)sc2c1. The van der Waals surface area contributed by atoms with Gasteiger partial charge in [0.25, 0.3) is 5.91 Å². The van der Waals surface area contributed by atoms with Crippen LogP contribution in [-0.4, -0.2) is 61.2 Å². The lowest BCUT2D eigenvalue weighted by atomic mass is 10.1. The Hall–Kier alpha value is -1.73. The van der Waals surface area contributed by atoms with Gasteiger partial charge in [-0.25, -0.2) is 9.37 Å². The Labute approximate surface area is 157 Å². The summed E-state index contributed by atoms with van der Waals surface area (Å²) in [7, 11) is 0. The molecule has 0 bridgehead atoms. The summed E-state index contributed by atoms with van der Waals surface area (Å²) < 4.78 is 13.2. The fourth-order valence-corrected chi connectivity index (χ4v) is 4.99. The van der Waals surface area contributed by atoms with E-state index >= 15 is 0 Å². The van der Waals surface area contributed by atoms with Crippen molar-refractivity contribution in [2.45, 2.75) is 31.7 Å². The highest BCUT2D eigenvalue weighted by Gasteiger charge is 2.30. The molecule has 5 nitrogen and oxygen atoms in total. The van der Waals surface area contributed by atoms with Crippen molar-refractivity contribution in [1.29, 1.82) is 0 Å². The Kier molecular flexibility index (Phi) is 5.36. The summed E-state index contributed by atoms with van der Waals surface area (Å²) in [6.07, 6.45) is 5.22. The van der Waals surface area contributed by atoms with E-state index in [9.17, 15) is 9.18 Å². The summed E-state index contributed by atoms with van der Waals surface area (Å²) in [6, 6.07) is 6.16. The zero-order chi connectivity index (χ0) is 17.9. The number of carbonyl (C=O) groups is 1. The largest absolute Gasteiger partial charge is 0.349 e. The van der Waals surface area contributed by atoms with E-state index in [4.69, 9.17) is 4.98 Å². The van der Waals surface area contributed by atoms with Gasteiger partial charge in [-0.1, -0.05) is 17.8 Å². The van der Waals surface area contributed by atoms with Gasteiger partial charge in [0.15, 0.2) is 5.13 Å². The van der Waals surface area contributed by atoms with Crippen molar-refractivity contribution in [3.8, 4) is 0 Å². The van der Waals surface area contributed by atoms with Gasteiger partial charge in [0, 0.05) is 31.2 Å². The summed E-state index contributed by atoms with van der Waals surface area (Å²) >= 11 is 1.64. The van der Waals surface area contributed by atoms with E-state index in [1.165, 1.54) is 38.8 Å². The number of hydrogen-bond donors (Lipinski definition) is 1. The molecule has 2 saturated heterocycles. The number of fused-ring (bicyclic) bond motifs is 1. The van der Waals surface area contributed by atoms with Crippen molar-refractivity contribution in [2.75, 3.05) is 44.3 Å². The molecule has 140 valence electrons. The number of carbonyl (C=O) groups excluding carboxylic acids is 1. The smallest absolute Gasteiger partial charge is 0.251 e. The minimum Gasteiger partial charge on any atom is -0.349 e. The molecule has 0 aliphatic carbocycles. The average Bonchev–Trinajstić information content (AvgIpc) is 3.33. The van der Waals surface area contributed by atoms with E-state index in [2.05, 4.69) is 15.1 Å². The van der Waals surface area contributed by atoms with Crippen molar-refractivity contribution in [1.82, 2.24) is 15.2 Å². The highest BCUT2D eigenvalue weighted by Crippen LogP contribution is 2.32. The van der Waals surface area contributed by atoms with Crippen LogP contribution in [0.25, 0.3) is 10.2 Å². The van der Waals surface area contributed by atoms with Crippen LogP contribution in [0.4, 0.5) is 9.52 Å². The van der Waals surface area contributed by atoms with Crippen LogP contribution in [-0.2, 0) is 0 Å². The molecule has 1 atom stereocenters. The Morgan fingerprint density at radius 1 is 1.27 bits per heavy atom. The molecule has 1 unspecified atom stereocenters. The fraction of sp³-hybridized carbons (Fsp3) is 0.579. The van der Waals surface area contributed by atoms with Crippen molar-refractivity contribution in [2.24, 2.45) is 0 Å². The van der Waals surface area contributed by atoms with Gasteiger partial charge in [-0.3, -0.25) is 9.69 Å². The number of benzene rings is 1. The molecular weight excluding hydrogens is 351 g/mol. The molecule has 2 aromatic rings. The van der Waals surface area contributed by atoms with Gasteiger partial charge in [-0.2, -0.15) is 0 Å². The van der Waals surface area contributed by atoms with Crippen LogP contribution in [0.15, 0.2) is 18.2 Å². The summed E-state index contributed by atoms with van der Waals surface area (Å²) in [4.78, 5) is 21.8. The number of halogens is 1. The molecular formula is C19H25FN4OS. The topological polar surface area (TPSA) is 48.5 Å². The van der Waals surface area contributed by atoms with Crippen LogP contribution in [0.1, 0.15) is 36.0 Å². The molecule has 2 aliphatic heterocycles. The first-order valence-electron chi connectivity index (χ1n) is 9.48. The zero-order valence-corrected chi connectivity index (χ0v) is 15.7. The maximum Gasteiger partial charge on any atom is 0.251 e. The van der Waals surface area contributed by atoms with Crippen molar-refractivity contribution < 1.29 is 9.18 Å². The van der Waals surface area contributed by atoms with E-state index in [1.807, 2.05) is 12.1 Å². The minimum atomic E-state index is -0.550. The second kappa shape index (κ2) is 7.88. The van der Waals surface area contributed by atoms with Crippen molar-refractivity contribution >= 4 is 32.6 Å². The van der Waals surface area contributed by atoms with E-state index in [-0.39, 0.29) is 12.5 Å². The Morgan fingerprint density at radius 2 is 2.12 bits per heavy atom. The standard InChI is InChI=1S/C19H25FN4OS/c20-7-8-21-18(25)14-4-5-16-17(12-14)26-19(22-16)24-11-6-15(13-24)23-9-2-1-3-10-23/h4-5,12,15H,1-3,6-11,13H2,(H,21,25). The number of nitrogens with zero attached hydrogens (tertiary/aromatic N) is 3. The van der Waals surface area contributed by atoms with Crippen LogP contribution >= 0.6 is 11.3 Å². The summed E-state index contributed by atoms with van der Waals surface area (Å²) in [6.45, 7) is 4.06. The number of likely N-dealkylation sites (tertiary alicyclic amines) is 1. The number of amides is 1. The van der Waals surface area contributed by atoms with Gasteiger partial charge in [0.1, 0.15) is 6.67 Å². The van der Waals surface area contributed by atoms with Crippen LogP contribution < -0.4 is 10.2 Å². The number of thiazole rings is 1. The lowest BCUT2D eigenvalue weighted by molar-refractivity contribution is 0.0951. The third kappa shape index (κ3) is 3.69. The third-order valence-electron chi connectivity index (χ3n) is 5.36. The average molecular weight is 377 g/mol. The third-order valence-corrected chi connectivity index (χ3v) is 6.44. The second-order valence-electron chi connectivity index (χ2n) is 7.11. The molecule has 1 N–H and O–H groups in total. The summed E-state index contributed by atoms with van der Waals surface area (Å²) in [5, 5.41) is 3.61. The maximum atomic E-state index is 12.2. The lowest BCUT2D eigenvalue weighted by Gasteiger charge is -2.32. The number of hydrogen-bond acceptors (Lipinski definition) is 5. The van der Waals surface area contributed by atoms with Gasteiger partial charge in [0.2, 0.25) is 0 Å². The Morgan fingerprint density at radius 3 is 2.92 bits per heavy atom. The van der Waals surface area contributed by atoms with Gasteiger partial charge in [0.05, 0.1) is 10.2 Å². The van der Waals surface area contributed by atoms with Gasteiger partial charge >= 0.3 is 0 Å². The zero-order valence-electron chi connectivity index (χ0n) is 14.9. The van der Waals surface area contributed by atoms with Crippen LogP contribution in [0, 0.1) is 0 Å². The van der Waals surface area contributed by atoms with E-state index in [1.54, 1.807) is 17.4 Å². The number of rotatable bonds is 5. The van der Waals surface area contributed by atoms with Gasteiger partial charge in [-0.15, -0.1) is 0 Å². The predicted octanol–water partition coefficient (Wildman–Crippen LogP) is 3.06. The number of piperidine rings is 1. The predicted molar refractivity (Wildman–Crippen MR) is 104 cm³/mol. The highest BCUT2D eigenvalue weighted by molar-refractivity contribution is 7.22. The maximum absolute atomic E-state index is 12.2. The number of nitrogens with one attached hydrogen (secondary N) is 1. The molecule has 4 rings (SSSR count). The van der Waals surface area contributed by atoms with Crippen LogP contribution in [0.3, 0.4) is 0 Å². The fourth-order valence-electron chi connectivity index (χ4n) is 3.95. The number of alkyl halides is 1. The molecule has 3 heterocycles. The highest BCUT2D eigenvalue weighted by atomic mass is 32.1. The Bertz CT molecular complexity index is 774. The normalized spacial score (nSPS) is 21.4. The lowest BCUT2D eigenvalue weighted by Crippen LogP contribution is -2.40. The van der Waals surface area contributed by atoms with Gasteiger partial charge in [-0.05, 0) is 50.6 Å². The molecule has 26 heavy (non-hydrogen) atoms.